The molecule has 1 aliphatic heterocycles. The number of anilines is 1. The minimum Gasteiger partial charge on any atom is -0.467 e. The first kappa shape index (κ1) is 19.1. The molecule has 1 saturated heterocycles. The maximum Gasteiger partial charge on any atom is 0.573 e. The van der Waals surface area contributed by atoms with Gasteiger partial charge in [-0.15, -0.1) is 13.2 Å². The molecule has 1 aromatic heterocycles. The Morgan fingerprint density at radius 3 is 2.74 bits per heavy atom. The molecule has 27 heavy (non-hydrogen) atoms. The van der Waals surface area contributed by atoms with Crippen LogP contribution in [0.25, 0.3) is 0 Å². The number of carbonyl (C=O) groups is 1. The lowest BCUT2D eigenvalue weighted by atomic mass is 10.2. The molecule has 146 valence electrons. The highest BCUT2D eigenvalue weighted by Crippen LogP contribution is 2.30. The highest BCUT2D eigenvalue weighted by atomic mass is 19.4. The summed E-state index contributed by atoms with van der Waals surface area (Å²) in [4.78, 5) is 14.2. The number of nitrogens with one attached hydrogen (secondary N) is 1. The Labute approximate surface area is 153 Å². The number of urea groups is 1. The van der Waals surface area contributed by atoms with Crippen molar-refractivity contribution in [1.82, 2.24) is 4.90 Å². The van der Waals surface area contributed by atoms with Crippen LogP contribution in [0.15, 0.2) is 47.1 Å². The van der Waals surface area contributed by atoms with Gasteiger partial charge in [0.15, 0.2) is 5.75 Å². The molecule has 2 heterocycles. The van der Waals surface area contributed by atoms with Crippen molar-refractivity contribution in [3.8, 4) is 5.75 Å². The lowest BCUT2D eigenvalue weighted by Crippen LogP contribution is -2.39. The van der Waals surface area contributed by atoms with Crippen LogP contribution in [0.4, 0.5) is 23.7 Å². The molecule has 0 spiro atoms. The Morgan fingerprint density at radius 2 is 2.07 bits per heavy atom. The zero-order chi connectivity index (χ0) is 19.3. The third kappa shape index (κ3) is 5.65. The van der Waals surface area contributed by atoms with Crippen LogP contribution in [0.2, 0.25) is 0 Å². The van der Waals surface area contributed by atoms with Gasteiger partial charge in [0, 0.05) is 13.2 Å². The van der Waals surface area contributed by atoms with Crippen molar-refractivity contribution in [2.45, 2.75) is 31.9 Å². The van der Waals surface area contributed by atoms with Gasteiger partial charge in [0.05, 0.1) is 24.6 Å². The maximum absolute atomic E-state index is 12.7. The van der Waals surface area contributed by atoms with Crippen LogP contribution >= 0.6 is 0 Å². The van der Waals surface area contributed by atoms with E-state index >= 15 is 0 Å². The predicted octanol–water partition coefficient (Wildman–Crippen LogP) is 4.39. The van der Waals surface area contributed by atoms with Crippen LogP contribution < -0.4 is 10.1 Å². The second-order valence-corrected chi connectivity index (χ2v) is 6.07. The highest BCUT2D eigenvalue weighted by molar-refractivity contribution is 5.91. The monoisotopic (exact) mass is 384 g/mol. The zero-order valence-corrected chi connectivity index (χ0v) is 14.4. The Kier molecular flexibility index (Phi) is 5.90. The lowest BCUT2D eigenvalue weighted by Gasteiger charge is -2.25. The van der Waals surface area contributed by atoms with Crippen molar-refractivity contribution in [1.29, 1.82) is 0 Å². The van der Waals surface area contributed by atoms with Crippen LogP contribution in [0.1, 0.15) is 18.6 Å². The number of halogens is 3. The van der Waals surface area contributed by atoms with E-state index in [2.05, 4.69) is 10.1 Å². The second kappa shape index (κ2) is 8.34. The number of amides is 2. The molecule has 0 bridgehead atoms. The van der Waals surface area contributed by atoms with Gasteiger partial charge in [-0.05, 0) is 37.1 Å². The molecular weight excluding hydrogens is 365 g/mol. The van der Waals surface area contributed by atoms with E-state index in [1.807, 2.05) is 0 Å². The van der Waals surface area contributed by atoms with E-state index in [9.17, 15) is 18.0 Å². The molecule has 1 fully saturated rings. The Hall–Kier alpha value is -2.68. The standard InChI is InChI=1S/C18H19F3N2O4/c19-18(20,21)27-16-8-2-1-7-15(16)22-17(24)23(11-13-5-3-9-25-13)12-14-6-4-10-26-14/h1-3,5,7-9,14H,4,6,10-12H2,(H,22,24). The third-order valence-electron chi connectivity index (χ3n) is 4.02. The summed E-state index contributed by atoms with van der Waals surface area (Å²) in [5.74, 6) is 0.0800. The predicted molar refractivity (Wildman–Crippen MR) is 90.2 cm³/mol. The Balaban J connectivity index is 1.73. The van der Waals surface area contributed by atoms with Crippen LogP contribution in [0, 0.1) is 0 Å². The van der Waals surface area contributed by atoms with Gasteiger partial charge in [-0.2, -0.15) is 0 Å². The quantitative estimate of drug-likeness (QED) is 0.802. The first-order valence-corrected chi connectivity index (χ1v) is 8.45. The Bertz CT molecular complexity index is 743. The fourth-order valence-corrected chi connectivity index (χ4v) is 2.82. The van der Waals surface area contributed by atoms with Crippen molar-refractivity contribution in [3.05, 3.63) is 48.4 Å². The average molecular weight is 384 g/mol. The van der Waals surface area contributed by atoms with Gasteiger partial charge in [-0.3, -0.25) is 0 Å². The van der Waals surface area contributed by atoms with Crippen LogP contribution in [0.5, 0.6) is 5.75 Å². The highest BCUT2D eigenvalue weighted by Gasteiger charge is 2.32. The van der Waals surface area contributed by atoms with Crippen LogP contribution in [0.3, 0.4) is 0 Å². The second-order valence-electron chi connectivity index (χ2n) is 6.07. The smallest absolute Gasteiger partial charge is 0.467 e. The van der Waals surface area contributed by atoms with E-state index in [0.717, 1.165) is 18.9 Å². The molecule has 0 radical (unpaired) electrons. The summed E-state index contributed by atoms with van der Waals surface area (Å²) in [5, 5.41) is 2.48. The van der Waals surface area contributed by atoms with E-state index in [1.54, 1.807) is 12.1 Å². The number of hydrogen-bond donors (Lipinski definition) is 1. The number of carbonyl (C=O) groups excluding carboxylic acids is 1. The number of rotatable bonds is 6. The third-order valence-corrected chi connectivity index (χ3v) is 4.02. The van der Waals surface area contributed by atoms with Gasteiger partial charge in [-0.1, -0.05) is 12.1 Å². The largest absolute Gasteiger partial charge is 0.573 e. The van der Waals surface area contributed by atoms with E-state index in [0.29, 0.717) is 18.9 Å². The van der Waals surface area contributed by atoms with Gasteiger partial charge in [-0.25, -0.2) is 4.79 Å². The van der Waals surface area contributed by atoms with E-state index in [1.165, 1.54) is 29.4 Å². The van der Waals surface area contributed by atoms with Crippen LogP contribution in [-0.4, -0.2) is 36.5 Å². The summed E-state index contributed by atoms with van der Waals surface area (Å²) in [7, 11) is 0. The fourth-order valence-electron chi connectivity index (χ4n) is 2.82. The van der Waals surface area contributed by atoms with Gasteiger partial charge in [0.1, 0.15) is 5.76 Å². The molecule has 1 atom stereocenters. The molecule has 1 N–H and O–H groups in total. The van der Waals surface area contributed by atoms with E-state index in [-0.39, 0.29) is 18.3 Å². The summed E-state index contributed by atoms with van der Waals surface area (Å²) in [6.45, 7) is 1.10. The maximum atomic E-state index is 12.7. The summed E-state index contributed by atoms with van der Waals surface area (Å²) in [6, 6.07) is 8.23. The number of benzene rings is 1. The number of furan rings is 1. The normalized spacial score (nSPS) is 16.9. The van der Waals surface area contributed by atoms with Gasteiger partial charge >= 0.3 is 12.4 Å². The number of ether oxygens (including phenoxy) is 2. The first-order chi connectivity index (χ1) is 12.9. The van der Waals surface area contributed by atoms with Gasteiger partial charge < -0.3 is 24.1 Å². The molecule has 6 nitrogen and oxygen atoms in total. The molecule has 1 unspecified atom stereocenters. The summed E-state index contributed by atoms with van der Waals surface area (Å²) in [6.07, 6.45) is -1.76. The van der Waals surface area contributed by atoms with Gasteiger partial charge in [0.2, 0.25) is 0 Å². The minimum absolute atomic E-state index is 0.0726. The first-order valence-electron chi connectivity index (χ1n) is 8.45. The summed E-state index contributed by atoms with van der Waals surface area (Å²) in [5.41, 5.74) is -0.0726. The molecule has 1 aromatic carbocycles. The molecule has 2 aromatic rings. The lowest BCUT2D eigenvalue weighted by molar-refractivity contribution is -0.274. The van der Waals surface area contributed by atoms with Crippen molar-refractivity contribution in [3.63, 3.8) is 0 Å². The minimum atomic E-state index is -4.85. The SMILES string of the molecule is O=C(Nc1ccccc1OC(F)(F)F)N(Cc1ccco1)CC1CCCO1. The number of hydrogen-bond acceptors (Lipinski definition) is 4. The number of para-hydroxylation sites is 2. The van der Waals surface area contributed by atoms with Crippen molar-refractivity contribution >= 4 is 11.7 Å². The number of alkyl halides is 3. The molecule has 3 rings (SSSR count). The Morgan fingerprint density at radius 1 is 1.26 bits per heavy atom. The average Bonchev–Trinajstić information content (AvgIpc) is 3.28. The summed E-state index contributed by atoms with van der Waals surface area (Å²) >= 11 is 0. The zero-order valence-electron chi connectivity index (χ0n) is 14.4. The molecule has 2 amide bonds. The molecule has 9 heteroatoms. The van der Waals surface area contributed by atoms with Crippen molar-refractivity contribution in [2.24, 2.45) is 0 Å². The molecular formula is C18H19F3N2O4. The number of nitrogens with zero attached hydrogens (tertiary/aromatic N) is 1. The molecule has 0 saturated carbocycles. The fraction of sp³-hybridized carbons (Fsp3) is 0.389. The van der Waals surface area contributed by atoms with Gasteiger partial charge in [0.25, 0.3) is 0 Å². The van der Waals surface area contributed by atoms with Crippen molar-refractivity contribution < 1.29 is 31.9 Å². The molecule has 1 aliphatic rings. The van der Waals surface area contributed by atoms with E-state index in [4.69, 9.17) is 9.15 Å². The van der Waals surface area contributed by atoms with Crippen molar-refractivity contribution in [2.75, 3.05) is 18.5 Å². The topological polar surface area (TPSA) is 63.9 Å². The molecule has 0 aliphatic carbocycles. The summed E-state index contributed by atoms with van der Waals surface area (Å²) < 4.78 is 52.5. The van der Waals surface area contributed by atoms with E-state index < -0.39 is 18.1 Å². The van der Waals surface area contributed by atoms with Crippen LogP contribution in [-0.2, 0) is 11.3 Å².